The van der Waals surface area contributed by atoms with Gasteiger partial charge in [0.25, 0.3) is 0 Å². The molecule has 20 heavy (non-hydrogen) atoms. The topological polar surface area (TPSA) is 12.0 Å². The van der Waals surface area contributed by atoms with Crippen molar-refractivity contribution >= 4 is 17.4 Å². The summed E-state index contributed by atoms with van der Waals surface area (Å²) in [5, 5.41) is 2.84. The summed E-state index contributed by atoms with van der Waals surface area (Å²) in [6.45, 7) is 1.83. The summed E-state index contributed by atoms with van der Waals surface area (Å²) in [6.07, 6.45) is 1.98. The van der Waals surface area contributed by atoms with E-state index in [4.69, 9.17) is 0 Å². The van der Waals surface area contributed by atoms with Gasteiger partial charge in [-0.25, -0.2) is 13.2 Å². The van der Waals surface area contributed by atoms with Crippen molar-refractivity contribution in [3.05, 3.63) is 59.4 Å². The average Bonchev–Trinajstić information content (AvgIpc) is 2.44. The molecule has 1 nitrogen and oxygen atoms in total. The minimum absolute atomic E-state index is 0.0506. The first kappa shape index (κ1) is 14.8. The van der Waals surface area contributed by atoms with Gasteiger partial charge in [-0.05, 0) is 30.9 Å². The van der Waals surface area contributed by atoms with E-state index in [0.717, 1.165) is 16.5 Å². The molecule has 1 unspecified atom stereocenters. The van der Waals surface area contributed by atoms with Gasteiger partial charge in [-0.3, -0.25) is 0 Å². The Morgan fingerprint density at radius 1 is 0.950 bits per heavy atom. The molecule has 0 fully saturated rings. The Morgan fingerprint density at radius 3 is 2.15 bits per heavy atom. The molecule has 2 aromatic carbocycles. The van der Waals surface area contributed by atoms with Crippen LogP contribution < -0.4 is 5.32 Å². The number of halogens is 3. The van der Waals surface area contributed by atoms with Crippen molar-refractivity contribution in [1.29, 1.82) is 0 Å². The van der Waals surface area contributed by atoms with Crippen molar-refractivity contribution in [2.45, 2.75) is 17.9 Å². The van der Waals surface area contributed by atoms with E-state index >= 15 is 0 Å². The Bertz CT molecular complexity index is 599. The van der Waals surface area contributed by atoms with E-state index in [1.54, 1.807) is 11.8 Å². The molecule has 1 atom stereocenters. The van der Waals surface area contributed by atoms with Crippen molar-refractivity contribution in [3.8, 4) is 0 Å². The Labute approximate surface area is 120 Å². The molecule has 0 amide bonds. The zero-order valence-electron chi connectivity index (χ0n) is 11.1. The molecule has 0 aliphatic carbocycles. The van der Waals surface area contributed by atoms with Crippen molar-refractivity contribution in [2.75, 3.05) is 11.6 Å². The van der Waals surface area contributed by atoms with Crippen LogP contribution in [0.5, 0.6) is 0 Å². The molecule has 106 valence electrons. The maximum absolute atomic E-state index is 13.6. The third-order valence-electron chi connectivity index (χ3n) is 3.00. The Hall–Kier alpha value is -1.62. The summed E-state index contributed by atoms with van der Waals surface area (Å²) >= 11 is 1.63. The SMILES string of the molecule is CSc1ccc(C(C)Nc2cc(F)c(F)cc2F)cc1. The van der Waals surface area contributed by atoms with Gasteiger partial charge in [-0.2, -0.15) is 0 Å². The van der Waals surface area contributed by atoms with Crippen LogP contribution in [0.25, 0.3) is 0 Å². The molecule has 0 radical (unpaired) electrons. The molecule has 1 N–H and O–H groups in total. The molecule has 2 aromatic rings. The minimum atomic E-state index is -1.19. The van der Waals surface area contributed by atoms with Crippen LogP contribution in [0.15, 0.2) is 41.3 Å². The van der Waals surface area contributed by atoms with Gasteiger partial charge in [-0.1, -0.05) is 12.1 Å². The number of thioether (sulfide) groups is 1. The second-order valence-electron chi connectivity index (χ2n) is 4.39. The highest BCUT2D eigenvalue weighted by Gasteiger charge is 2.12. The van der Waals surface area contributed by atoms with Gasteiger partial charge in [0.15, 0.2) is 11.6 Å². The molecule has 0 spiro atoms. The number of nitrogens with one attached hydrogen (secondary N) is 1. The summed E-state index contributed by atoms with van der Waals surface area (Å²) in [4.78, 5) is 1.12. The Morgan fingerprint density at radius 2 is 1.55 bits per heavy atom. The first-order valence-electron chi connectivity index (χ1n) is 6.06. The second kappa shape index (κ2) is 6.22. The standard InChI is InChI=1S/C15H14F3NS/c1-9(10-3-5-11(20-2)6-4-10)19-15-8-13(17)12(16)7-14(15)18/h3-9,19H,1-2H3. The summed E-state index contributed by atoms with van der Waals surface area (Å²) in [7, 11) is 0. The van der Waals surface area contributed by atoms with Gasteiger partial charge in [0, 0.05) is 23.1 Å². The van der Waals surface area contributed by atoms with Crippen molar-refractivity contribution in [1.82, 2.24) is 0 Å². The first-order chi connectivity index (χ1) is 9.51. The Balaban J connectivity index is 2.18. The second-order valence-corrected chi connectivity index (χ2v) is 5.27. The molecular weight excluding hydrogens is 283 g/mol. The molecule has 0 bridgehead atoms. The van der Waals surface area contributed by atoms with E-state index in [1.807, 2.05) is 37.4 Å². The summed E-state index contributed by atoms with van der Waals surface area (Å²) in [5.74, 6) is -3.07. The fraction of sp³-hybridized carbons (Fsp3) is 0.200. The highest BCUT2D eigenvalue weighted by Crippen LogP contribution is 2.25. The van der Waals surface area contributed by atoms with Crippen LogP contribution in [-0.2, 0) is 0 Å². The molecule has 0 aliphatic heterocycles. The summed E-state index contributed by atoms with van der Waals surface area (Å²) in [6, 6.07) is 8.91. The number of benzene rings is 2. The van der Waals surface area contributed by atoms with E-state index in [2.05, 4.69) is 5.32 Å². The van der Waals surface area contributed by atoms with Crippen LogP contribution in [0.3, 0.4) is 0 Å². The van der Waals surface area contributed by atoms with E-state index in [1.165, 1.54) is 0 Å². The van der Waals surface area contributed by atoms with E-state index in [9.17, 15) is 13.2 Å². The van der Waals surface area contributed by atoms with Gasteiger partial charge in [0.1, 0.15) is 5.82 Å². The molecule has 0 aromatic heterocycles. The maximum Gasteiger partial charge on any atom is 0.161 e. The lowest BCUT2D eigenvalue weighted by Crippen LogP contribution is -2.08. The molecule has 0 saturated heterocycles. The van der Waals surface area contributed by atoms with Crippen molar-refractivity contribution in [3.63, 3.8) is 0 Å². The first-order valence-corrected chi connectivity index (χ1v) is 7.28. The van der Waals surface area contributed by atoms with Gasteiger partial charge < -0.3 is 5.32 Å². The number of hydrogen-bond acceptors (Lipinski definition) is 2. The van der Waals surface area contributed by atoms with E-state index in [0.29, 0.717) is 6.07 Å². The number of hydrogen-bond donors (Lipinski definition) is 1. The van der Waals surface area contributed by atoms with Crippen LogP contribution in [-0.4, -0.2) is 6.26 Å². The molecular formula is C15H14F3NS. The zero-order chi connectivity index (χ0) is 14.7. The molecule has 0 saturated carbocycles. The molecule has 0 heterocycles. The fourth-order valence-electron chi connectivity index (χ4n) is 1.84. The third kappa shape index (κ3) is 3.28. The van der Waals surface area contributed by atoms with Crippen molar-refractivity contribution in [2.24, 2.45) is 0 Å². The molecule has 2 rings (SSSR count). The lowest BCUT2D eigenvalue weighted by molar-refractivity contribution is 0.495. The zero-order valence-corrected chi connectivity index (χ0v) is 11.9. The number of rotatable bonds is 4. The third-order valence-corrected chi connectivity index (χ3v) is 3.74. The quantitative estimate of drug-likeness (QED) is 0.629. The van der Waals surface area contributed by atoms with Gasteiger partial charge in [0.2, 0.25) is 0 Å². The van der Waals surface area contributed by atoms with Crippen LogP contribution >= 0.6 is 11.8 Å². The smallest absolute Gasteiger partial charge is 0.161 e. The normalized spacial score (nSPS) is 12.2. The lowest BCUT2D eigenvalue weighted by Gasteiger charge is -2.16. The van der Waals surface area contributed by atoms with E-state index < -0.39 is 17.5 Å². The van der Waals surface area contributed by atoms with Crippen molar-refractivity contribution < 1.29 is 13.2 Å². The van der Waals surface area contributed by atoms with Crippen LogP contribution in [0, 0.1) is 17.5 Å². The van der Waals surface area contributed by atoms with Gasteiger partial charge >= 0.3 is 0 Å². The maximum atomic E-state index is 13.6. The number of anilines is 1. The lowest BCUT2D eigenvalue weighted by atomic mass is 10.1. The molecule has 5 heteroatoms. The fourth-order valence-corrected chi connectivity index (χ4v) is 2.25. The largest absolute Gasteiger partial charge is 0.376 e. The van der Waals surface area contributed by atoms with Gasteiger partial charge in [0.05, 0.1) is 5.69 Å². The van der Waals surface area contributed by atoms with Crippen LogP contribution in [0.1, 0.15) is 18.5 Å². The monoisotopic (exact) mass is 297 g/mol. The highest BCUT2D eigenvalue weighted by atomic mass is 32.2. The average molecular weight is 297 g/mol. The summed E-state index contributed by atoms with van der Waals surface area (Å²) in [5.41, 5.74) is 0.886. The summed E-state index contributed by atoms with van der Waals surface area (Å²) < 4.78 is 39.5. The van der Waals surface area contributed by atoms with Gasteiger partial charge in [-0.15, -0.1) is 11.8 Å². The minimum Gasteiger partial charge on any atom is -0.376 e. The predicted octanol–water partition coefficient (Wildman–Crippen LogP) is 5.00. The highest BCUT2D eigenvalue weighted by molar-refractivity contribution is 7.98. The van der Waals surface area contributed by atoms with Crippen LogP contribution in [0.2, 0.25) is 0 Å². The Kier molecular flexibility index (Phi) is 4.60. The van der Waals surface area contributed by atoms with E-state index in [-0.39, 0.29) is 11.7 Å². The predicted molar refractivity (Wildman–Crippen MR) is 76.6 cm³/mol. The molecule has 0 aliphatic rings. The van der Waals surface area contributed by atoms with Crippen LogP contribution in [0.4, 0.5) is 18.9 Å².